The maximum absolute atomic E-state index is 12.9. The molecule has 1 fully saturated rings. The van der Waals surface area contributed by atoms with E-state index >= 15 is 0 Å². The largest absolute Gasteiger partial charge is 0.496 e. The van der Waals surface area contributed by atoms with E-state index in [0.717, 1.165) is 11.1 Å². The molecule has 198 valence electrons. The lowest BCUT2D eigenvalue weighted by Gasteiger charge is -2.38. The number of ether oxygens (including phenoxy) is 4. The number of carbonyl (C=O) groups excluding carboxylic acids is 3. The number of nitrogens with zero attached hydrogens (tertiary/aromatic N) is 1. The molecule has 0 radical (unpaired) electrons. The summed E-state index contributed by atoms with van der Waals surface area (Å²) in [7, 11) is 3.09. The first-order valence-electron chi connectivity index (χ1n) is 12.3. The highest BCUT2D eigenvalue weighted by atomic mass is 16.5. The van der Waals surface area contributed by atoms with Gasteiger partial charge in [0.1, 0.15) is 17.6 Å². The predicted molar refractivity (Wildman–Crippen MR) is 135 cm³/mol. The van der Waals surface area contributed by atoms with Crippen molar-refractivity contribution in [3.05, 3.63) is 47.5 Å². The van der Waals surface area contributed by atoms with Crippen molar-refractivity contribution in [2.24, 2.45) is 0 Å². The first-order chi connectivity index (χ1) is 17.9. The topological polar surface area (TPSA) is 115 Å². The Bertz CT molecular complexity index is 1150. The Morgan fingerprint density at radius 2 is 1.84 bits per heavy atom. The van der Waals surface area contributed by atoms with Gasteiger partial charge in [0.15, 0.2) is 18.1 Å². The summed E-state index contributed by atoms with van der Waals surface area (Å²) in [4.78, 5) is 39.1. The number of methoxy groups -OCH3 is 2. The number of nitrogens with one attached hydrogen (secondary N) is 2. The van der Waals surface area contributed by atoms with Gasteiger partial charge in [0, 0.05) is 51.0 Å². The Morgan fingerprint density at radius 1 is 1.03 bits per heavy atom. The summed E-state index contributed by atoms with van der Waals surface area (Å²) in [6.45, 7) is 2.43. The highest BCUT2D eigenvalue weighted by Gasteiger charge is 2.33. The quantitative estimate of drug-likeness (QED) is 0.632. The van der Waals surface area contributed by atoms with E-state index in [-0.39, 0.29) is 36.9 Å². The van der Waals surface area contributed by atoms with Gasteiger partial charge in [-0.1, -0.05) is 6.07 Å². The number of fused-ring (bicyclic) bond motifs is 9. The van der Waals surface area contributed by atoms with Crippen LogP contribution in [0.4, 0.5) is 0 Å². The van der Waals surface area contributed by atoms with Crippen LogP contribution < -0.4 is 29.6 Å². The smallest absolute Gasteiger partial charge is 0.258 e. The zero-order valence-electron chi connectivity index (χ0n) is 21.4. The van der Waals surface area contributed by atoms with Gasteiger partial charge in [-0.3, -0.25) is 14.4 Å². The molecule has 3 aliphatic heterocycles. The summed E-state index contributed by atoms with van der Waals surface area (Å²) < 4.78 is 23.0. The Hall–Kier alpha value is -3.95. The highest BCUT2D eigenvalue weighted by molar-refractivity contribution is 5.78. The summed E-state index contributed by atoms with van der Waals surface area (Å²) in [5, 5.41) is 5.92. The van der Waals surface area contributed by atoms with Crippen LogP contribution >= 0.6 is 0 Å². The minimum absolute atomic E-state index is 0.0610. The number of carbonyl (C=O) groups is 3. The van der Waals surface area contributed by atoms with E-state index < -0.39 is 6.04 Å². The number of amides is 3. The van der Waals surface area contributed by atoms with Crippen LogP contribution in [0.25, 0.3) is 0 Å². The molecule has 10 heteroatoms. The lowest BCUT2D eigenvalue weighted by molar-refractivity contribution is -0.133. The number of likely N-dealkylation sites (tertiary alicyclic amines) is 1. The molecular formula is C27H33N3O7. The van der Waals surface area contributed by atoms with E-state index in [4.69, 9.17) is 18.9 Å². The van der Waals surface area contributed by atoms with Crippen LogP contribution in [0, 0.1) is 0 Å². The molecule has 2 aromatic rings. The van der Waals surface area contributed by atoms with E-state index in [1.807, 2.05) is 18.2 Å². The molecule has 0 aliphatic carbocycles. The lowest BCUT2D eigenvalue weighted by Crippen LogP contribution is -2.58. The van der Waals surface area contributed by atoms with Crippen LogP contribution in [0.2, 0.25) is 0 Å². The van der Waals surface area contributed by atoms with Gasteiger partial charge in [-0.05, 0) is 36.2 Å². The molecule has 5 rings (SSSR count). The molecule has 0 aromatic heterocycles. The first kappa shape index (κ1) is 26.1. The summed E-state index contributed by atoms with van der Waals surface area (Å²) >= 11 is 0. The molecule has 0 saturated carbocycles. The van der Waals surface area contributed by atoms with Crippen LogP contribution in [-0.2, 0) is 27.3 Å². The Labute approximate surface area is 216 Å². The zero-order chi connectivity index (χ0) is 26.4. The van der Waals surface area contributed by atoms with Crippen molar-refractivity contribution in [2.75, 3.05) is 33.9 Å². The van der Waals surface area contributed by atoms with Crippen LogP contribution in [0.15, 0.2) is 36.4 Å². The van der Waals surface area contributed by atoms with Crippen LogP contribution in [0.1, 0.15) is 30.9 Å². The third kappa shape index (κ3) is 6.63. The van der Waals surface area contributed by atoms with E-state index in [9.17, 15) is 14.4 Å². The molecule has 10 nitrogen and oxygen atoms in total. The predicted octanol–water partition coefficient (Wildman–Crippen LogP) is 1.83. The first-order valence-corrected chi connectivity index (χ1v) is 12.3. The average Bonchev–Trinajstić information content (AvgIpc) is 2.90. The fraction of sp³-hybridized carbons (Fsp3) is 0.444. The zero-order valence-corrected chi connectivity index (χ0v) is 21.4. The molecule has 3 heterocycles. The van der Waals surface area contributed by atoms with Gasteiger partial charge >= 0.3 is 0 Å². The number of hydrogen-bond donors (Lipinski definition) is 2. The normalized spacial score (nSPS) is 20.6. The van der Waals surface area contributed by atoms with Crippen molar-refractivity contribution in [1.29, 1.82) is 0 Å². The average molecular weight is 512 g/mol. The summed E-state index contributed by atoms with van der Waals surface area (Å²) in [5.41, 5.74) is 1.70. The minimum Gasteiger partial charge on any atom is -0.496 e. The van der Waals surface area contributed by atoms with Gasteiger partial charge in [0.2, 0.25) is 11.8 Å². The number of hydrogen-bond acceptors (Lipinski definition) is 7. The Morgan fingerprint density at radius 3 is 2.59 bits per heavy atom. The van der Waals surface area contributed by atoms with Crippen LogP contribution in [0.3, 0.4) is 0 Å². The minimum atomic E-state index is -0.436. The van der Waals surface area contributed by atoms with E-state index in [1.165, 1.54) is 14.0 Å². The van der Waals surface area contributed by atoms with E-state index in [2.05, 4.69) is 10.6 Å². The second kappa shape index (κ2) is 11.9. The van der Waals surface area contributed by atoms with E-state index in [0.29, 0.717) is 55.5 Å². The van der Waals surface area contributed by atoms with Gasteiger partial charge in [-0.2, -0.15) is 0 Å². The molecule has 2 aromatic carbocycles. The standard InChI is InChI=1S/C27H33N3O7/c1-17(31)30-11-10-22-21(15-30)29-27(33)16-36-25-12-18(4-8-23(25)34-2)5-9-26(32)28-14-19-6-7-20(37-22)13-24(19)35-3/h4,6-8,12-13,21-22H,5,9-11,14-16H2,1-3H3,(H,28,32)(H,29,33)/t21-,22+/m1/s1. The monoisotopic (exact) mass is 511 g/mol. The van der Waals surface area contributed by atoms with Crippen LogP contribution in [0.5, 0.6) is 23.0 Å². The molecule has 1 saturated heterocycles. The summed E-state index contributed by atoms with van der Waals surface area (Å²) in [6, 6.07) is 10.4. The Kier molecular flexibility index (Phi) is 8.37. The highest BCUT2D eigenvalue weighted by Crippen LogP contribution is 2.30. The van der Waals surface area contributed by atoms with Crippen molar-refractivity contribution >= 4 is 17.7 Å². The van der Waals surface area contributed by atoms with Gasteiger partial charge < -0.3 is 34.5 Å². The summed E-state index contributed by atoms with van der Waals surface area (Å²) in [5.74, 6) is 1.56. The second-order valence-corrected chi connectivity index (χ2v) is 9.11. The lowest BCUT2D eigenvalue weighted by atomic mass is 10.0. The van der Waals surface area contributed by atoms with E-state index in [1.54, 1.807) is 30.2 Å². The van der Waals surface area contributed by atoms with Gasteiger partial charge in [-0.25, -0.2) is 0 Å². The molecule has 2 atom stereocenters. The SMILES string of the molecule is COc1cc2ccc1CNC(=O)CCc1ccc(OC)c(c1)OCC(=O)N[C@@H]1CN(C(C)=O)CC[C@@H]1O2. The van der Waals surface area contributed by atoms with Crippen LogP contribution in [-0.4, -0.2) is 68.7 Å². The molecule has 0 spiro atoms. The van der Waals surface area contributed by atoms with Crippen molar-refractivity contribution in [3.8, 4) is 23.0 Å². The molecule has 4 bridgehead atoms. The number of aryl methyl sites for hydroxylation is 1. The summed E-state index contributed by atoms with van der Waals surface area (Å²) in [6.07, 6.45) is 0.954. The number of piperidine rings is 1. The molecule has 0 unspecified atom stereocenters. The number of benzene rings is 2. The van der Waals surface area contributed by atoms with Crippen molar-refractivity contribution < 1.29 is 33.3 Å². The maximum atomic E-state index is 12.9. The molecule has 37 heavy (non-hydrogen) atoms. The molecule has 2 N–H and O–H groups in total. The molecule has 3 aliphatic rings. The van der Waals surface area contributed by atoms with Gasteiger partial charge in [-0.15, -0.1) is 0 Å². The van der Waals surface area contributed by atoms with Crippen molar-refractivity contribution in [1.82, 2.24) is 15.5 Å². The second-order valence-electron chi connectivity index (χ2n) is 9.11. The third-order valence-electron chi connectivity index (χ3n) is 6.59. The molecule has 3 amide bonds. The van der Waals surface area contributed by atoms with Gasteiger partial charge in [0.05, 0.1) is 20.3 Å². The maximum Gasteiger partial charge on any atom is 0.258 e. The fourth-order valence-corrected chi connectivity index (χ4v) is 4.54. The Balaban J connectivity index is 1.62. The fourth-order valence-electron chi connectivity index (χ4n) is 4.54. The molecular weight excluding hydrogens is 478 g/mol. The van der Waals surface area contributed by atoms with Crippen molar-refractivity contribution in [2.45, 2.75) is 44.9 Å². The third-order valence-corrected chi connectivity index (χ3v) is 6.59. The van der Waals surface area contributed by atoms with Crippen molar-refractivity contribution in [3.63, 3.8) is 0 Å². The number of rotatable bonds is 2. The van der Waals surface area contributed by atoms with Gasteiger partial charge in [0.25, 0.3) is 5.91 Å².